The summed E-state index contributed by atoms with van der Waals surface area (Å²) in [7, 11) is 4.46. The zero-order chi connectivity index (χ0) is 16.0. The van der Waals surface area contributed by atoms with Crippen LogP contribution in [0.3, 0.4) is 0 Å². The molecule has 1 rings (SSSR count). The average Bonchev–Trinajstić information content (AvgIpc) is 2.70. The number of hydrogen-bond acceptors (Lipinski definition) is 5. The van der Waals surface area contributed by atoms with Crippen molar-refractivity contribution < 1.29 is 23.9 Å². The van der Waals surface area contributed by atoms with E-state index in [1.165, 1.54) is 16.9 Å². The van der Waals surface area contributed by atoms with Crippen LogP contribution in [0.1, 0.15) is 19.3 Å². The maximum Gasteiger partial charge on any atom is 0.326 e. The summed E-state index contributed by atoms with van der Waals surface area (Å²) >= 11 is 0. The standard InChI is InChI=1S/C13H21N3O5/c1-14(8-6-12(19)21-3)10(17)5-4-7-16-11(18)9-15(2)13(16)20/h4-9H2,1-3H3. The average molecular weight is 299 g/mol. The highest BCUT2D eigenvalue weighted by Gasteiger charge is 2.32. The minimum absolute atomic E-state index is 0.0891. The van der Waals surface area contributed by atoms with E-state index in [1.807, 2.05) is 0 Å². The van der Waals surface area contributed by atoms with Gasteiger partial charge in [0.15, 0.2) is 0 Å². The summed E-state index contributed by atoms with van der Waals surface area (Å²) in [5.41, 5.74) is 0. The normalized spacial score (nSPS) is 14.6. The molecule has 0 bridgehead atoms. The molecule has 0 saturated carbocycles. The Hall–Kier alpha value is -2.12. The molecular formula is C13H21N3O5. The van der Waals surface area contributed by atoms with Gasteiger partial charge in [0.1, 0.15) is 6.54 Å². The molecule has 0 aromatic heterocycles. The van der Waals surface area contributed by atoms with Crippen molar-refractivity contribution in [2.75, 3.05) is 40.8 Å². The Morgan fingerprint density at radius 1 is 1.29 bits per heavy atom. The van der Waals surface area contributed by atoms with Gasteiger partial charge in [-0.15, -0.1) is 0 Å². The maximum atomic E-state index is 11.8. The Labute approximate surface area is 123 Å². The lowest BCUT2D eigenvalue weighted by Gasteiger charge is -2.18. The molecule has 0 spiro atoms. The lowest BCUT2D eigenvalue weighted by Crippen LogP contribution is -2.34. The Morgan fingerprint density at radius 2 is 1.95 bits per heavy atom. The van der Waals surface area contributed by atoms with Gasteiger partial charge in [-0.3, -0.25) is 19.3 Å². The van der Waals surface area contributed by atoms with Gasteiger partial charge >= 0.3 is 12.0 Å². The van der Waals surface area contributed by atoms with E-state index in [-0.39, 0.29) is 56.3 Å². The number of urea groups is 1. The number of amides is 4. The highest BCUT2D eigenvalue weighted by atomic mass is 16.5. The van der Waals surface area contributed by atoms with Crippen molar-refractivity contribution in [1.82, 2.24) is 14.7 Å². The van der Waals surface area contributed by atoms with E-state index in [1.54, 1.807) is 14.1 Å². The quantitative estimate of drug-likeness (QED) is 0.475. The summed E-state index contributed by atoms with van der Waals surface area (Å²) in [5, 5.41) is 0. The van der Waals surface area contributed by atoms with Crippen LogP contribution in [0.5, 0.6) is 0 Å². The predicted octanol–water partition coefficient (Wildman–Crippen LogP) is -0.318. The molecule has 0 atom stereocenters. The zero-order valence-electron chi connectivity index (χ0n) is 12.6. The smallest absolute Gasteiger partial charge is 0.326 e. The van der Waals surface area contributed by atoms with Crippen LogP contribution in [0.15, 0.2) is 0 Å². The van der Waals surface area contributed by atoms with Gasteiger partial charge in [-0.25, -0.2) is 4.79 Å². The lowest BCUT2D eigenvalue weighted by atomic mass is 10.2. The molecule has 118 valence electrons. The number of esters is 1. The van der Waals surface area contributed by atoms with E-state index in [2.05, 4.69) is 4.74 Å². The minimum Gasteiger partial charge on any atom is -0.469 e. The fraction of sp³-hybridized carbons (Fsp3) is 0.692. The molecule has 8 heteroatoms. The largest absolute Gasteiger partial charge is 0.469 e. The SMILES string of the molecule is COC(=O)CCN(C)C(=O)CCCN1C(=O)CN(C)C1=O. The summed E-state index contributed by atoms with van der Waals surface area (Å²) in [6, 6.07) is -0.327. The van der Waals surface area contributed by atoms with Gasteiger partial charge in [0, 0.05) is 33.6 Å². The minimum atomic E-state index is -0.369. The molecule has 1 aliphatic rings. The Kier molecular flexibility index (Phi) is 6.13. The molecule has 4 amide bonds. The number of hydrogen-bond donors (Lipinski definition) is 0. The van der Waals surface area contributed by atoms with Crippen molar-refractivity contribution in [2.45, 2.75) is 19.3 Å². The van der Waals surface area contributed by atoms with Gasteiger partial charge in [-0.05, 0) is 6.42 Å². The van der Waals surface area contributed by atoms with Crippen LogP contribution in [-0.2, 0) is 19.1 Å². The van der Waals surface area contributed by atoms with E-state index in [0.717, 1.165) is 4.90 Å². The molecule has 21 heavy (non-hydrogen) atoms. The molecule has 0 aromatic carbocycles. The van der Waals surface area contributed by atoms with Crippen molar-refractivity contribution in [1.29, 1.82) is 0 Å². The number of methoxy groups -OCH3 is 1. The highest BCUT2D eigenvalue weighted by molar-refractivity contribution is 6.01. The van der Waals surface area contributed by atoms with Gasteiger partial charge in [0.05, 0.1) is 13.5 Å². The van der Waals surface area contributed by atoms with Gasteiger partial charge in [0.25, 0.3) is 0 Å². The van der Waals surface area contributed by atoms with Crippen LogP contribution in [0, 0.1) is 0 Å². The monoisotopic (exact) mass is 299 g/mol. The first-order chi connectivity index (χ1) is 9.86. The molecule has 8 nitrogen and oxygen atoms in total. The first kappa shape index (κ1) is 16.9. The number of ether oxygens (including phenoxy) is 1. The molecule has 0 N–H and O–H groups in total. The molecule has 1 fully saturated rings. The summed E-state index contributed by atoms with van der Waals surface area (Å²) < 4.78 is 4.50. The number of imide groups is 1. The van der Waals surface area contributed by atoms with Crippen LogP contribution in [0.2, 0.25) is 0 Å². The molecule has 0 aliphatic carbocycles. The molecule has 0 aromatic rings. The first-order valence-electron chi connectivity index (χ1n) is 6.73. The predicted molar refractivity (Wildman–Crippen MR) is 73.2 cm³/mol. The van der Waals surface area contributed by atoms with E-state index >= 15 is 0 Å². The molecular weight excluding hydrogens is 278 g/mol. The Bertz CT molecular complexity index is 438. The van der Waals surface area contributed by atoms with E-state index in [9.17, 15) is 19.2 Å². The second-order valence-corrected chi connectivity index (χ2v) is 4.93. The molecule has 1 saturated heterocycles. The van der Waals surface area contributed by atoms with Crippen molar-refractivity contribution in [3.05, 3.63) is 0 Å². The van der Waals surface area contributed by atoms with Crippen molar-refractivity contribution >= 4 is 23.8 Å². The van der Waals surface area contributed by atoms with Crippen LogP contribution in [0.25, 0.3) is 0 Å². The van der Waals surface area contributed by atoms with E-state index < -0.39 is 0 Å². The Morgan fingerprint density at radius 3 is 2.48 bits per heavy atom. The number of rotatable bonds is 7. The summed E-state index contributed by atoms with van der Waals surface area (Å²) in [5.74, 6) is -0.744. The molecule has 1 aliphatic heterocycles. The zero-order valence-corrected chi connectivity index (χ0v) is 12.6. The van der Waals surface area contributed by atoms with Crippen LogP contribution in [-0.4, -0.2) is 79.4 Å². The Balaban J connectivity index is 2.28. The summed E-state index contributed by atoms with van der Waals surface area (Å²) in [6.07, 6.45) is 0.776. The second-order valence-electron chi connectivity index (χ2n) is 4.93. The molecule has 1 heterocycles. The van der Waals surface area contributed by atoms with Crippen molar-refractivity contribution in [3.8, 4) is 0 Å². The summed E-state index contributed by atoms with van der Waals surface area (Å²) in [6.45, 7) is 0.611. The third-order valence-electron chi connectivity index (χ3n) is 3.31. The number of likely N-dealkylation sites (N-methyl/N-ethyl adjacent to an activating group) is 1. The van der Waals surface area contributed by atoms with Gasteiger partial charge < -0.3 is 14.5 Å². The number of nitrogens with zero attached hydrogens (tertiary/aromatic N) is 3. The van der Waals surface area contributed by atoms with Crippen molar-refractivity contribution in [2.24, 2.45) is 0 Å². The fourth-order valence-electron chi connectivity index (χ4n) is 1.95. The van der Waals surface area contributed by atoms with Crippen LogP contribution < -0.4 is 0 Å². The van der Waals surface area contributed by atoms with Gasteiger partial charge in [0.2, 0.25) is 11.8 Å². The molecule has 0 radical (unpaired) electrons. The summed E-state index contributed by atoms with van der Waals surface area (Å²) in [4.78, 5) is 49.9. The second kappa shape index (κ2) is 7.61. The third kappa shape index (κ3) is 4.73. The number of carbonyl (C=O) groups excluding carboxylic acids is 4. The lowest BCUT2D eigenvalue weighted by molar-refractivity contribution is -0.141. The fourth-order valence-corrected chi connectivity index (χ4v) is 1.95. The molecule has 0 unspecified atom stereocenters. The third-order valence-corrected chi connectivity index (χ3v) is 3.31. The topological polar surface area (TPSA) is 87.2 Å². The van der Waals surface area contributed by atoms with Crippen LogP contribution >= 0.6 is 0 Å². The first-order valence-corrected chi connectivity index (χ1v) is 6.73. The van der Waals surface area contributed by atoms with E-state index in [0.29, 0.717) is 6.42 Å². The highest BCUT2D eigenvalue weighted by Crippen LogP contribution is 2.09. The van der Waals surface area contributed by atoms with Gasteiger partial charge in [-0.2, -0.15) is 0 Å². The van der Waals surface area contributed by atoms with Crippen LogP contribution in [0.4, 0.5) is 4.79 Å². The van der Waals surface area contributed by atoms with E-state index in [4.69, 9.17) is 0 Å². The van der Waals surface area contributed by atoms with Crippen molar-refractivity contribution in [3.63, 3.8) is 0 Å². The van der Waals surface area contributed by atoms with Gasteiger partial charge in [-0.1, -0.05) is 0 Å². The maximum absolute atomic E-state index is 11.8. The number of carbonyl (C=O) groups is 4.